The Morgan fingerprint density at radius 1 is 1.15 bits per heavy atom. The van der Waals surface area contributed by atoms with Crippen LogP contribution in [-0.4, -0.2) is 50.2 Å². The highest BCUT2D eigenvalue weighted by atomic mass is 35.5. The van der Waals surface area contributed by atoms with Crippen LogP contribution in [-0.2, 0) is 0 Å². The molecule has 0 bridgehead atoms. The summed E-state index contributed by atoms with van der Waals surface area (Å²) in [7, 11) is 0. The minimum atomic E-state index is 0. The second kappa shape index (κ2) is 5.81. The Bertz CT molecular complexity index is 131. The largest absolute Gasteiger partial charge is 0.314 e. The highest BCUT2D eigenvalue weighted by Gasteiger charge is 2.18. The topological polar surface area (TPSA) is 27.3 Å². The Kier molecular flexibility index (Phi) is 5.02. The van der Waals surface area contributed by atoms with E-state index in [2.05, 4.69) is 15.5 Å². The summed E-state index contributed by atoms with van der Waals surface area (Å²) in [5.74, 6) is 0. The maximum atomic E-state index is 3.54. The highest BCUT2D eigenvalue weighted by molar-refractivity contribution is 5.85. The average Bonchev–Trinajstić information content (AvgIpc) is 2.59. The van der Waals surface area contributed by atoms with Gasteiger partial charge in [0.05, 0.1) is 0 Å². The molecule has 2 rings (SSSR count). The zero-order valence-electron chi connectivity index (χ0n) is 8.09. The predicted octanol–water partition coefficient (Wildman–Crippen LogP) is 0.0654. The van der Waals surface area contributed by atoms with Crippen molar-refractivity contribution >= 4 is 12.4 Å². The first-order chi connectivity index (χ1) is 5.95. The van der Waals surface area contributed by atoms with Gasteiger partial charge in [-0.2, -0.15) is 0 Å². The fourth-order valence-corrected chi connectivity index (χ4v) is 2.12. The molecule has 1 atom stereocenters. The van der Waals surface area contributed by atoms with Crippen molar-refractivity contribution in [1.29, 1.82) is 0 Å². The third-order valence-corrected chi connectivity index (χ3v) is 2.80. The van der Waals surface area contributed by atoms with Crippen LogP contribution < -0.4 is 10.6 Å². The molecule has 2 fully saturated rings. The smallest absolute Gasteiger partial charge is 0.0320 e. The molecule has 2 saturated heterocycles. The van der Waals surface area contributed by atoms with Crippen LogP contribution in [0.3, 0.4) is 0 Å². The van der Waals surface area contributed by atoms with Crippen LogP contribution in [0.5, 0.6) is 0 Å². The van der Waals surface area contributed by atoms with Crippen molar-refractivity contribution in [2.45, 2.75) is 18.9 Å². The minimum Gasteiger partial charge on any atom is -0.314 e. The molecule has 0 spiro atoms. The molecule has 0 saturated carbocycles. The van der Waals surface area contributed by atoms with Crippen LogP contribution >= 0.6 is 12.4 Å². The van der Waals surface area contributed by atoms with Crippen molar-refractivity contribution in [1.82, 2.24) is 15.5 Å². The molecule has 0 aromatic carbocycles. The normalized spacial score (nSPS) is 30.0. The van der Waals surface area contributed by atoms with E-state index in [0.717, 1.165) is 19.6 Å². The number of hydrogen-bond donors (Lipinski definition) is 2. The summed E-state index contributed by atoms with van der Waals surface area (Å²) in [6.07, 6.45) is 2.81. The van der Waals surface area contributed by atoms with Crippen LogP contribution in [0, 0.1) is 0 Å². The van der Waals surface area contributed by atoms with Gasteiger partial charge in [-0.3, -0.25) is 0 Å². The number of likely N-dealkylation sites (tertiary alicyclic amines) is 1. The number of nitrogens with one attached hydrogen (secondary N) is 2. The predicted molar refractivity (Wildman–Crippen MR) is 57.6 cm³/mol. The standard InChI is InChI=1S/C9H19N3.ClH/c1-2-6-12(5-1)8-9-7-10-3-4-11-9;/h9-11H,1-8H2;1H. The van der Waals surface area contributed by atoms with Crippen LogP contribution in [0.25, 0.3) is 0 Å². The van der Waals surface area contributed by atoms with Gasteiger partial charge in [0.15, 0.2) is 0 Å². The van der Waals surface area contributed by atoms with Crippen LogP contribution in [0.2, 0.25) is 0 Å². The molecule has 13 heavy (non-hydrogen) atoms. The van der Waals surface area contributed by atoms with Crippen molar-refractivity contribution < 1.29 is 0 Å². The van der Waals surface area contributed by atoms with Crippen molar-refractivity contribution in [2.24, 2.45) is 0 Å². The number of hydrogen-bond acceptors (Lipinski definition) is 3. The first-order valence-electron chi connectivity index (χ1n) is 5.11. The van der Waals surface area contributed by atoms with E-state index in [1.54, 1.807) is 0 Å². The average molecular weight is 206 g/mol. The van der Waals surface area contributed by atoms with E-state index >= 15 is 0 Å². The second-order valence-corrected chi connectivity index (χ2v) is 3.86. The lowest BCUT2D eigenvalue weighted by Gasteiger charge is -2.28. The monoisotopic (exact) mass is 205 g/mol. The molecule has 4 heteroatoms. The fourth-order valence-electron chi connectivity index (χ4n) is 2.12. The summed E-state index contributed by atoms with van der Waals surface area (Å²) in [5.41, 5.74) is 0. The third-order valence-electron chi connectivity index (χ3n) is 2.80. The zero-order chi connectivity index (χ0) is 8.23. The fraction of sp³-hybridized carbons (Fsp3) is 1.00. The maximum absolute atomic E-state index is 3.54. The molecule has 2 aliphatic rings. The SMILES string of the molecule is C1CCN(CC2CNCCN2)C1.Cl. The van der Waals surface area contributed by atoms with E-state index in [9.17, 15) is 0 Å². The van der Waals surface area contributed by atoms with E-state index < -0.39 is 0 Å². The van der Waals surface area contributed by atoms with Gasteiger partial charge >= 0.3 is 0 Å². The first-order valence-corrected chi connectivity index (χ1v) is 5.11. The van der Waals surface area contributed by atoms with Gasteiger partial charge in [0.2, 0.25) is 0 Å². The van der Waals surface area contributed by atoms with Crippen molar-refractivity contribution in [3.05, 3.63) is 0 Å². The molecular weight excluding hydrogens is 186 g/mol. The zero-order valence-corrected chi connectivity index (χ0v) is 8.91. The van der Waals surface area contributed by atoms with Gasteiger partial charge in [-0.15, -0.1) is 12.4 Å². The summed E-state index contributed by atoms with van der Waals surface area (Å²) < 4.78 is 0. The molecule has 78 valence electrons. The summed E-state index contributed by atoms with van der Waals surface area (Å²) in [4.78, 5) is 2.57. The molecule has 0 aromatic rings. The Morgan fingerprint density at radius 2 is 1.92 bits per heavy atom. The quantitative estimate of drug-likeness (QED) is 0.668. The minimum absolute atomic E-state index is 0. The molecule has 1 unspecified atom stereocenters. The molecule has 0 aliphatic carbocycles. The van der Waals surface area contributed by atoms with E-state index in [1.807, 2.05) is 0 Å². The Morgan fingerprint density at radius 3 is 2.54 bits per heavy atom. The van der Waals surface area contributed by atoms with Gasteiger partial charge in [-0.25, -0.2) is 0 Å². The molecule has 2 aliphatic heterocycles. The van der Waals surface area contributed by atoms with E-state index in [0.29, 0.717) is 6.04 Å². The summed E-state index contributed by atoms with van der Waals surface area (Å²) in [6, 6.07) is 0.692. The summed E-state index contributed by atoms with van der Waals surface area (Å²) >= 11 is 0. The van der Waals surface area contributed by atoms with Crippen molar-refractivity contribution in [3.8, 4) is 0 Å². The number of nitrogens with zero attached hydrogens (tertiary/aromatic N) is 1. The Balaban J connectivity index is 0.000000845. The van der Waals surface area contributed by atoms with Gasteiger partial charge in [-0.05, 0) is 25.9 Å². The molecule has 0 radical (unpaired) electrons. The van der Waals surface area contributed by atoms with Gasteiger partial charge in [-0.1, -0.05) is 0 Å². The second-order valence-electron chi connectivity index (χ2n) is 3.86. The number of piperazine rings is 1. The molecule has 2 N–H and O–H groups in total. The van der Waals surface area contributed by atoms with Crippen LogP contribution in [0.1, 0.15) is 12.8 Å². The van der Waals surface area contributed by atoms with Crippen LogP contribution in [0.4, 0.5) is 0 Å². The number of rotatable bonds is 2. The van der Waals surface area contributed by atoms with Crippen molar-refractivity contribution in [2.75, 3.05) is 39.3 Å². The summed E-state index contributed by atoms with van der Waals surface area (Å²) in [5, 5.41) is 6.96. The van der Waals surface area contributed by atoms with Gasteiger partial charge < -0.3 is 15.5 Å². The van der Waals surface area contributed by atoms with E-state index in [1.165, 1.54) is 32.5 Å². The summed E-state index contributed by atoms with van der Waals surface area (Å²) in [6.45, 7) is 7.30. The Hall–Kier alpha value is 0.170. The molecule has 3 nitrogen and oxygen atoms in total. The van der Waals surface area contributed by atoms with E-state index in [4.69, 9.17) is 0 Å². The lowest BCUT2D eigenvalue weighted by Crippen LogP contribution is -2.52. The van der Waals surface area contributed by atoms with E-state index in [-0.39, 0.29) is 12.4 Å². The molecular formula is C9H20ClN3. The van der Waals surface area contributed by atoms with Gasteiger partial charge in [0.25, 0.3) is 0 Å². The van der Waals surface area contributed by atoms with Crippen LogP contribution in [0.15, 0.2) is 0 Å². The molecule has 0 amide bonds. The molecule has 0 aromatic heterocycles. The van der Waals surface area contributed by atoms with Gasteiger partial charge in [0, 0.05) is 32.2 Å². The third kappa shape index (κ3) is 3.43. The number of halogens is 1. The lowest BCUT2D eigenvalue weighted by atomic mass is 10.2. The van der Waals surface area contributed by atoms with Gasteiger partial charge in [0.1, 0.15) is 0 Å². The molecule has 2 heterocycles. The Labute approximate surface area is 86.7 Å². The highest BCUT2D eigenvalue weighted by Crippen LogP contribution is 2.07. The van der Waals surface area contributed by atoms with Crippen molar-refractivity contribution in [3.63, 3.8) is 0 Å². The maximum Gasteiger partial charge on any atom is 0.0320 e. The lowest BCUT2D eigenvalue weighted by molar-refractivity contribution is 0.271. The first kappa shape index (κ1) is 11.2.